The molecule has 7 heteroatoms. The maximum absolute atomic E-state index is 11.8. The van der Waals surface area contributed by atoms with Gasteiger partial charge >= 0.3 is 0 Å². The predicted molar refractivity (Wildman–Crippen MR) is 82.6 cm³/mol. The minimum Gasteiger partial charge on any atom is -0.351 e. The molecule has 0 saturated carbocycles. The molecule has 0 saturated heterocycles. The Morgan fingerprint density at radius 1 is 1.45 bits per heavy atom. The van der Waals surface area contributed by atoms with E-state index in [-0.39, 0.29) is 12.5 Å². The van der Waals surface area contributed by atoms with Crippen molar-refractivity contribution >= 4 is 39.9 Å². The number of rotatable bonds is 5. The van der Waals surface area contributed by atoms with E-state index in [1.54, 1.807) is 6.07 Å². The SMILES string of the molecule is CCc1nsc(NCC(=O)Nc2ccc(C)cc2Cl)n1. The minimum absolute atomic E-state index is 0.128. The summed E-state index contributed by atoms with van der Waals surface area (Å²) in [6.07, 6.45) is 0.781. The van der Waals surface area contributed by atoms with Crippen molar-refractivity contribution in [1.82, 2.24) is 9.36 Å². The Labute approximate surface area is 126 Å². The van der Waals surface area contributed by atoms with Crippen LogP contribution in [-0.4, -0.2) is 21.8 Å². The molecule has 5 nitrogen and oxygen atoms in total. The third-order valence-electron chi connectivity index (χ3n) is 2.58. The Kier molecular flexibility index (Phi) is 4.92. The number of halogens is 1. The monoisotopic (exact) mass is 310 g/mol. The van der Waals surface area contributed by atoms with Crippen LogP contribution in [0.25, 0.3) is 0 Å². The zero-order valence-electron chi connectivity index (χ0n) is 11.2. The molecule has 0 atom stereocenters. The summed E-state index contributed by atoms with van der Waals surface area (Å²) in [6, 6.07) is 5.49. The van der Waals surface area contributed by atoms with Crippen molar-refractivity contribution < 1.29 is 4.79 Å². The molecule has 20 heavy (non-hydrogen) atoms. The van der Waals surface area contributed by atoms with Gasteiger partial charge in [-0.1, -0.05) is 24.6 Å². The fourth-order valence-electron chi connectivity index (χ4n) is 1.54. The van der Waals surface area contributed by atoms with Gasteiger partial charge in [-0.2, -0.15) is 4.37 Å². The van der Waals surface area contributed by atoms with Gasteiger partial charge in [0.15, 0.2) is 0 Å². The van der Waals surface area contributed by atoms with Crippen molar-refractivity contribution in [3.8, 4) is 0 Å². The van der Waals surface area contributed by atoms with Gasteiger partial charge in [0, 0.05) is 18.0 Å². The predicted octanol–water partition coefficient (Wildman–Crippen LogP) is 3.11. The molecule has 0 aliphatic rings. The molecule has 106 valence electrons. The Balaban J connectivity index is 1.89. The molecule has 0 spiro atoms. The number of hydrogen-bond donors (Lipinski definition) is 2. The quantitative estimate of drug-likeness (QED) is 0.890. The van der Waals surface area contributed by atoms with Crippen LogP contribution in [0.1, 0.15) is 18.3 Å². The number of carbonyl (C=O) groups is 1. The molecule has 2 N–H and O–H groups in total. The van der Waals surface area contributed by atoms with Crippen molar-refractivity contribution in [2.24, 2.45) is 0 Å². The highest BCUT2D eigenvalue weighted by Gasteiger charge is 2.07. The molecule has 2 aromatic rings. The third kappa shape index (κ3) is 3.91. The Bertz CT molecular complexity index is 614. The zero-order valence-corrected chi connectivity index (χ0v) is 12.8. The normalized spacial score (nSPS) is 10.3. The van der Waals surface area contributed by atoms with Gasteiger partial charge in [-0.3, -0.25) is 4.79 Å². The molecule has 0 unspecified atom stereocenters. The van der Waals surface area contributed by atoms with Crippen LogP contribution in [-0.2, 0) is 11.2 Å². The minimum atomic E-state index is -0.177. The van der Waals surface area contributed by atoms with Crippen molar-refractivity contribution in [3.05, 3.63) is 34.6 Å². The molecule has 0 aliphatic carbocycles. The summed E-state index contributed by atoms with van der Waals surface area (Å²) >= 11 is 7.31. The summed E-state index contributed by atoms with van der Waals surface area (Å²) < 4.78 is 4.14. The first kappa shape index (κ1) is 14.7. The molecule has 0 bridgehead atoms. The van der Waals surface area contributed by atoms with E-state index < -0.39 is 0 Å². The van der Waals surface area contributed by atoms with Crippen molar-refractivity contribution in [2.45, 2.75) is 20.3 Å². The van der Waals surface area contributed by atoms with E-state index in [0.29, 0.717) is 15.8 Å². The topological polar surface area (TPSA) is 66.9 Å². The average molecular weight is 311 g/mol. The van der Waals surface area contributed by atoms with Gasteiger partial charge in [0.2, 0.25) is 11.0 Å². The molecule has 1 aromatic carbocycles. The maximum Gasteiger partial charge on any atom is 0.243 e. The zero-order chi connectivity index (χ0) is 14.5. The van der Waals surface area contributed by atoms with E-state index in [2.05, 4.69) is 20.0 Å². The Morgan fingerprint density at radius 2 is 2.25 bits per heavy atom. The lowest BCUT2D eigenvalue weighted by molar-refractivity contribution is -0.114. The highest BCUT2D eigenvalue weighted by molar-refractivity contribution is 7.09. The number of nitrogens with zero attached hydrogens (tertiary/aromatic N) is 2. The smallest absolute Gasteiger partial charge is 0.243 e. The summed E-state index contributed by atoms with van der Waals surface area (Å²) in [5.74, 6) is 0.600. The number of hydrogen-bond acceptors (Lipinski definition) is 5. The van der Waals surface area contributed by atoms with Gasteiger partial charge < -0.3 is 10.6 Å². The maximum atomic E-state index is 11.8. The molecule has 1 aromatic heterocycles. The standard InChI is InChI=1S/C13H15ClN4OS/c1-3-11-17-13(20-18-11)15-7-12(19)16-10-5-4-8(2)6-9(10)14/h4-6H,3,7H2,1-2H3,(H,16,19)(H,15,17,18). The Morgan fingerprint density at radius 3 is 2.90 bits per heavy atom. The van der Waals surface area contributed by atoms with E-state index in [1.807, 2.05) is 26.0 Å². The fourth-order valence-corrected chi connectivity index (χ4v) is 2.47. The summed E-state index contributed by atoms with van der Waals surface area (Å²) in [4.78, 5) is 16.1. The molecule has 2 rings (SSSR count). The van der Waals surface area contributed by atoms with E-state index in [9.17, 15) is 4.79 Å². The van der Waals surface area contributed by atoms with Crippen LogP contribution in [0.3, 0.4) is 0 Å². The van der Waals surface area contributed by atoms with Crippen LogP contribution < -0.4 is 10.6 Å². The number of anilines is 2. The molecular weight excluding hydrogens is 296 g/mol. The van der Waals surface area contributed by atoms with Gasteiger partial charge in [0.05, 0.1) is 17.3 Å². The van der Waals surface area contributed by atoms with Crippen molar-refractivity contribution in [3.63, 3.8) is 0 Å². The Hall–Kier alpha value is -1.66. The number of aryl methyl sites for hydroxylation is 2. The molecular formula is C13H15ClN4OS. The van der Waals surface area contributed by atoms with Crippen LogP contribution in [0.5, 0.6) is 0 Å². The highest BCUT2D eigenvalue weighted by atomic mass is 35.5. The second-order valence-electron chi connectivity index (χ2n) is 4.25. The first-order valence-electron chi connectivity index (χ1n) is 6.21. The van der Waals surface area contributed by atoms with E-state index in [4.69, 9.17) is 11.6 Å². The van der Waals surface area contributed by atoms with Gasteiger partial charge in [0.25, 0.3) is 0 Å². The number of benzene rings is 1. The lowest BCUT2D eigenvalue weighted by Gasteiger charge is -2.08. The lowest BCUT2D eigenvalue weighted by atomic mass is 10.2. The first-order chi connectivity index (χ1) is 9.58. The van der Waals surface area contributed by atoms with E-state index >= 15 is 0 Å². The van der Waals surface area contributed by atoms with Crippen LogP contribution in [0.4, 0.5) is 10.8 Å². The van der Waals surface area contributed by atoms with Crippen molar-refractivity contribution in [2.75, 3.05) is 17.2 Å². The number of amides is 1. The average Bonchev–Trinajstić information content (AvgIpc) is 2.88. The van der Waals surface area contributed by atoms with Gasteiger partial charge in [-0.25, -0.2) is 4.98 Å². The van der Waals surface area contributed by atoms with Gasteiger partial charge in [-0.15, -0.1) is 0 Å². The molecule has 0 fully saturated rings. The van der Waals surface area contributed by atoms with Crippen molar-refractivity contribution in [1.29, 1.82) is 0 Å². The van der Waals surface area contributed by atoms with Gasteiger partial charge in [-0.05, 0) is 24.6 Å². The van der Waals surface area contributed by atoms with Crippen LogP contribution in [0.15, 0.2) is 18.2 Å². The largest absolute Gasteiger partial charge is 0.351 e. The van der Waals surface area contributed by atoms with Gasteiger partial charge in [0.1, 0.15) is 5.82 Å². The molecule has 1 heterocycles. The summed E-state index contributed by atoms with van der Waals surface area (Å²) in [5.41, 5.74) is 1.66. The molecule has 0 aliphatic heterocycles. The second kappa shape index (κ2) is 6.67. The number of aromatic nitrogens is 2. The number of nitrogens with one attached hydrogen (secondary N) is 2. The summed E-state index contributed by atoms with van der Waals surface area (Å²) in [6.45, 7) is 4.06. The van der Waals surface area contributed by atoms with E-state index in [0.717, 1.165) is 17.8 Å². The van der Waals surface area contributed by atoms with Crippen LogP contribution >= 0.6 is 23.1 Å². The summed E-state index contributed by atoms with van der Waals surface area (Å²) in [5, 5.41) is 6.87. The fraction of sp³-hybridized carbons (Fsp3) is 0.308. The highest BCUT2D eigenvalue weighted by Crippen LogP contribution is 2.22. The van der Waals surface area contributed by atoms with Crippen LogP contribution in [0, 0.1) is 6.92 Å². The molecule has 0 radical (unpaired) electrons. The third-order valence-corrected chi connectivity index (χ3v) is 3.61. The second-order valence-corrected chi connectivity index (χ2v) is 5.41. The van der Waals surface area contributed by atoms with Crippen LogP contribution in [0.2, 0.25) is 5.02 Å². The summed E-state index contributed by atoms with van der Waals surface area (Å²) in [7, 11) is 0. The van der Waals surface area contributed by atoms with E-state index in [1.165, 1.54) is 11.5 Å². The lowest BCUT2D eigenvalue weighted by Crippen LogP contribution is -2.21. The number of carbonyl (C=O) groups excluding carboxylic acids is 1. The first-order valence-corrected chi connectivity index (χ1v) is 7.36. The molecule has 1 amide bonds.